The Morgan fingerprint density at radius 2 is 2.37 bits per heavy atom. The first-order valence-electron chi connectivity index (χ1n) is 5.81. The van der Waals surface area contributed by atoms with E-state index in [1.54, 1.807) is 32.2 Å². The first kappa shape index (κ1) is 13.2. The van der Waals surface area contributed by atoms with E-state index in [0.717, 1.165) is 0 Å². The number of hydrogen-bond acceptors (Lipinski definition) is 4. The molecule has 2 atom stereocenters. The van der Waals surface area contributed by atoms with E-state index >= 15 is 0 Å². The standard InChI is InChI=1S/C12H14N4O3/c1-7-12(18)16(2)9-5-8(3-4-11(9)19-7)10(17)6-14-15-13/h3-5,7,10,17H,6H2,1-2H3. The van der Waals surface area contributed by atoms with Gasteiger partial charge in [-0.1, -0.05) is 11.2 Å². The summed E-state index contributed by atoms with van der Waals surface area (Å²) in [5.74, 6) is 0.448. The van der Waals surface area contributed by atoms with Gasteiger partial charge in [-0.05, 0) is 30.2 Å². The smallest absolute Gasteiger partial charge is 0.267 e. The summed E-state index contributed by atoms with van der Waals surface area (Å²) in [7, 11) is 1.66. The average Bonchev–Trinajstić information content (AvgIpc) is 2.42. The lowest BCUT2D eigenvalue weighted by Crippen LogP contribution is -2.42. The number of carbonyl (C=O) groups is 1. The maximum Gasteiger partial charge on any atom is 0.267 e. The Hall–Kier alpha value is -2.24. The van der Waals surface area contributed by atoms with Crippen molar-refractivity contribution in [1.29, 1.82) is 0 Å². The summed E-state index contributed by atoms with van der Waals surface area (Å²) in [6, 6.07) is 5.05. The second-order valence-corrected chi connectivity index (χ2v) is 4.31. The topological polar surface area (TPSA) is 98.5 Å². The van der Waals surface area contributed by atoms with E-state index in [-0.39, 0.29) is 12.5 Å². The number of fused-ring (bicyclic) bond motifs is 1. The number of aliphatic hydroxyl groups is 1. The minimum Gasteiger partial charge on any atom is -0.479 e. The molecule has 1 aliphatic heterocycles. The van der Waals surface area contributed by atoms with E-state index in [1.807, 2.05) is 0 Å². The molecule has 0 saturated heterocycles. The molecule has 0 bridgehead atoms. The van der Waals surface area contributed by atoms with Crippen LogP contribution in [0.3, 0.4) is 0 Å². The lowest BCUT2D eigenvalue weighted by atomic mass is 10.1. The molecule has 100 valence electrons. The van der Waals surface area contributed by atoms with Crippen LogP contribution in [0.4, 0.5) is 5.69 Å². The first-order valence-corrected chi connectivity index (χ1v) is 5.81. The Labute approximate surface area is 110 Å². The third-order valence-corrected chi connectivity index (χ3v) is 3.03. The van der Waals surface area contributed by atoms with Crippen LogP contribution in [0.15, 0.2) is 23.3 Å². The summed E-state index contributed by atoms with van der Waals surface area (Å²) in [5, 5.41) is 13.2. The van der Waals surface area contributed by atoms with Gasteiger partial charge in [-0.25, -0.2) is 0 Å². The molecule has 1 amide bonds. The molecular weight excluding hydrogens is 248 g/mol. The third-order valence-electron chi connectivity index (χ3n) is 3.03. The van der Waals surface area contributed by atoms with Crippen molar-refractivity contribution in [3.63, 3.8) is 0 Å². The number of aliphatic hydroxyl groups excluding tert-OH is 1. The van der Waals surface area contributed by atoms with Crippen molar-refractivity contribution in [1.82, 2.24) is 0 Å². The normalized spacial score (nSPS) is 19.2. The van der Waals surface area contributed by atoms with Crippen molar-refractivity contribution >= 4 is 11.6 Å². The molecule has 1 N–H and O–H groups in total. The Morgan fingerprint density at radius 1 is 1.63 bits per heavy atom. The van der Waals surface area contributed by atoms with Crippen molar-refractivity contribution in [2.24, 2.45) is 5.11 Å². The zero-order chi connectivity index (χ0) is 14.0. The Morgan fingerprint density at radius 3 is 3.05 bits per heavy atom. The molecule has 0 fully saturated rings. The summed E-state index contributed by atoms with van der Waals surface area (Å²) in [6.45, 7) is 1.64. The van der Waals surface area contributed by atoms with E-state index in [2.05, 4.69) is 10.0 Å². The third kappa shape index (κ3) is 2.47. The lowest BCUT2D eigenvalue weighted by Gasteiger charge is -2.30. The molecule has 0 aromatic heterocycles. The van der Waals surface area contributed by atoms with Crippen LogP contribution in [-0.4, -0.2) is 30.7 Å². The Bertz CT molecular complexity index is 554. The molecular formula is C12H14N4O3. The van der Waals surface area contributed by atoms with E-state index in [9.17, 15) is 9.90 Å². The van der Waals surface area contributed by atoms with E-state index in [0.29, 0.717) is 17.0 Å². The predicted octanol–water partition coefficient (Wildman–Crippen LogP) is 1.77. The molecule has 19 heavy (non-hydrogen) atoms. The number of amides is 1. The highest BCUT2D eigenvalue weighted by molar-refractivity contribution is 5.99. The Kier molecular flexibility index (Phi) is 3.59. The van der Waals surface area contributed by atoms with Crippen molar-refractivity contribution in [2.75, 3.05) is 18.5 Å². The fraction of sp³-hybridized carbons (Fsp3) is 0.417. The van der Waals surface area contributed by atoms with Crippen LogP contribution in [0.5, 0.6) is 5.75 Å². The number of nitrogens with zero attached hydrogens (tertiary/aromatic N) is 4. The van der Waals surface area contributed by atoms with Crippen LogP contribution in [0.2, 0.25) is 0 Å². The molecule has 0 spiro atoms. The molecule has 2 unspecified atom stereocenters. The molecule has 7 nitrogen and oxygen atoms in total. The number of rotatable bonds is 3. The van der Waals surface area contributed by atoms with Gasteiger partial charge in [-0.15, -0.1) is 0 Å². The zero-order valence-corrected chi connectivity index (χ0v) is 10.6. The van der Waals surface area contributed by atoms with Gasteiger partial charge in [-0.3, -0.25) is 4.79 Å². The highest BCUT2D eigenvalue weighted by Gasteiger charge is 2.29. The van der Waals surface area contributed by atoms with Crippen LogP contribution >= 0.6 is 0 Å². The van der Waals surface area contributed by atoms with Crippen LogP contribution in [0, 0.1) is 0 Å². The Balaban J connectivity index is 2.33. The molecule has 7 heteroatoms. The molecule has 1 heterocycles. The predicted molar refractivity (Wildman–Crippen MR) is 68.9 cm³/mol. The van der Waals surface area contributed by atoms with Gasteiger partial charge in [0.05, 0.1) is 18.3 Å². The van der Waals surface area contributed by atoms with Gasteiger partial charge in [0.15, 0.2) is 6.10 Å². The van der Waals surface area contributed by atoms with Gasteiger partial charge in [0, 0.05) is 12.0 Å². The quantitative estimate of drug-likeness (QED) is 0.510. The second kappa shape index (κ2) is 5.17. The number of benzene rings is 1. The van der Waals surface area contributed by atoms with Crippen LogP contribution < -0.4 is 9.64 Å². The fourth-order valence-corrected chi connectivity index (χ4v) is 1.95. The molecule has 0 aliphatic carbocycles. The van der Waals surface area contributed by atoms with Gasteiger partial charge in [-0.2, -0.15) is 0 Å². The van der Waals surface area contributed by atoms with Crippen LogP contribution in [-0.2, 0) is 4.79 Å². The maximum atomic E-state index is 11.8. The van der Waals surface area contributed by atoms with Crippen molar-refractivity contribution < 1.29 is 14.6 Å². The van der Waals surface area contributed by atoms with Crippen molar-refractivity contribution in [3.8, 4) is 5.75 Å². The second-order valence-electron chi connectivity index (χ2n) is 4.31. The number of hydrogen-bond donors (Lipinski definition) is 1. The van der Waals surface area contributed by atoms with Gasteiger partial charge in [0.25, 0.3) is 5.91 Å². The van der Waals surface area contributed by atoms with Crippen molar-refractivity contribution in [2.45, 2.75) is 19.1 Å². The fourth-order valence-electron chi connectivity index (χ4n) is 1.95. The zero-order valence-electron chi connectivity index (χ0n) is 10.6. The maximum absolute atomic E-state index is 11.8. The molecule has 0 radical (unpaired) electrons. The molecule has 1 aliphatic rings. The minimum absolute atomic E-state index is 0.0514. The van der Waals surface area contributed by atoms with Crippen LogP contribution in [0.25, 0.3) is 10.4 Å². The monoisotopic (exact) mass is 262 g/mol. The SMILES string of the molecule is CC1Oc2ccc(C(O)CN=[N+]=[N-])cc2N(C)C1=O. The van der Waals surface area contributed by atoms with E-state index in [4.69, 9.17) is 10.3 Å². The molecule has 1 aromatic carbocycles. The van der Waals surface area contributed by atoms with Crippen molar-refractivity contribution in [3.05, 3.63) is 34.2 Å². The van der Waals surface area contributed by atoms with Gasteiger partial charge in [0.2, 0.25) is 0 Å². The van der Waals surface area contributed by atoms with Crippen LogP contribution in [0.1, 0.15) is 18.6 Å². The minimum atomic E-state index is -0.899. The highest BCUT2D eigenvalue weighted by Crippen LogP contribution is 2.35. The number of azide groups is 1. The summed E-state index contributed by atoms with van der Waals surface area (Å²) in [6.07, 6.45) is -1.42. The van der Waals surface area contributed by atoms with E-state index < -0.39 is 12.2 Å². The number of ether oxygens (including phenoxy) is 1. The largest absolute Gasteiger partial charge is 0.479 e. The average molecular weight is 262 g/mol. The molecule has 0 saturated carbocycles. The van der Waals surface area contributed by atoms with Gasteiger partial charge < -0.3 is 14.7 Å². The number of anilines is 1. The summed E-state index contributed by atoms with van der Waals surface area (Å²) in [5.41, 5.74) is 9.41. The first-order chi connectivity index (χ1) is 9.04. The molecule has 2 rings (SSSR count). The summed E-state index contributed by atoms with van der Waals surface area (Å²) < 4.78 is 5.48. The highest BCUT2D eigenvalue weighted by atomic mass is 16.5. The van der Waals surface area contributed by atoms with Gasteiger partial charge in [0.1, 0.15) is 5.75 Å². The summed E-state index contributed by atoms with van der Waals surface area (Å²) in [4.78, 5) is 15.9. The number of carbonyl (C=O) groups excluding carboxylic acids is 1. The van der Waals surface area contributed by atoms with E-state index in [1.165, 1.54) is 4.90 Å². The van der Waals surface area contributed by atoms with Gasteiger partial charge >= 0.3 is 0 Å². The number of likely N-dealkylation sites (N-methyl/N-ethyl adjacent to an activating group) is 1. The molecule has 1 aromatic rings. The lowest BCUT2D eigenvalue weighted by molar-refractivity contribution is -0.125. The summed E-state index contributed by atoms with van der Waals surface area (Å²) >= 11 is 0.